The summed E-state index contributed by atoms with van der Waals surface area (Å²) in [6.07, 6.45) is 7.74. The summed E-state index contributed by atoms with van der Waals surface area (Å²) in [5.74, 6) is 1.93. The van der Waals surface area contributed by atoms with Crippen molar-refractivity contribution in [1.29, 1.82) is 0 Å². The molecule has 0 spiro atoms. The number of aliphatic hydroxyl groups is 1. The Morgan fingerprint density at radius 3 is 2.55 bits per heavy atom. The molecule has 29 heavy (non-hydrogen) atoms. The first-order valence-electron chi connectivity index (χ1n) is 11.6. The summed E-state index contributed by atoms with van der Waals surface area (Å²) in [6, 6.07) is -0.0575. The highest BCUT2D eigenvalue weighted by Crippen LogP contribution is 2.42. The van der Waals surface area contributed by atoms with Gasteiger partial charge in [0.15, 0.2) is 0 Å². The van der Waals surface area contributed by atoms with E-state index in [2.05, 4.69) is 46.8 Å². The molecule has 1 amide bonds. The second-order valence-electron chi connectivity index (χ2n) is 10.1. The predicted octanol–water partition coefficient (Wildman–Crippen LogP) is 0.930. The van der Waals surface area contributed by atoms with Crippen LogP contribution >= 0.6 is 11.8 Å². The van der Waals surface area contributed by atoms with E-state index in [1.54, 1.807) is 11.8 Å². The molecule has 0 aromatic rings. The smallest absolute Gasteiger partial charge is 0.237 e. The van der Waals surface area contributed by atoms with Crippen LogP contribution in [0.5, 0.6) is 0 Å². The number of likely N-dealkylation sites (tertiary alicyclic amines) is 1. The molecule has 0 bridgehead atoms. The lowest BCUT2D eigenvalue weighted by molar-refractivity contribution is -0.132. The lowest BCUT2D eigenvalue weighted by atomic mass is 9.59. The minimum Gasteiger partial charge on any atom is -0.390 e. The first-order chi connectivity index (χ1) is 13.8. The molecule has 1 aliphatic carbocycles. The van der Waals surface area contributed by atoms with Crippen LogP contribution in [-0.2, 0) is 9.53 Å². The number of carbonyl (C=O) groups excluding carboxylic acids is 1. The number of hydrogen-bond donors (Lipinski definition) is 2. The Bertz CT molecular complexity index is 568. The fourth-order valence-electron chi connectivity index (χ4n) is 5.96. The van der Waals surface area contributed by atoms with Crippen molar-refractivity contribution in [2.45, 2.75) is 87.3 Å². The van der Waals surface area contributed by atoms with Gasteiger partial charge in [-0.3, -0.25) is 9.69 Å². The van der Waals surface area contributed by atoms with E-state index in [1.165, 1.54) is 32.1 Å². The predicted molar refractivity (Wildman–Crippen MR) is 126 cm³/mol. The molecule has 164 valence electrons. The maximum atomic E-state index is 13.5. The monoisotopic (exact) mass is 422 g/mol. The van der Waals surface area contributed by atoms with Gasteiger partial charge in [-0.1, -0.05) is 33.1 Å². The molecule has 2 aliphatic heterocycles. The number of nitrogens with zero attached hydrogens (tertiary/aromatic N) is 1. The Hall–Kier alpha value is -0.170. The van der Waals surface area contributed by atoms with Crippen molar-refractivity contribution < 1.29 is 14.6 Å². The van der Waals surface area contributed by atoms with Crippen molar-refractivity contribution in [1.82, 2.24) is 10.2 Å². The summed E-state index contributed by atoms with van der Waals surface area (Å²) in [5, 5.41) is 14.0. The van der Waals surface area contributed by atoms with E-state index in [9.17, 15) is 9.90 Å². The van der Waals surface area contributed by atoms with Gasteiger partial charge in [0.2, 0.25) is 5.91 Å². The third-order valence-electron chi connectivity index (χ3n) is 7.96. The van der Waals surface area contributed by atoms with Gasteiger partial charge in [0.1, 0.15) is 21.1 Å². The van der Waals surface area contributed by atoms with E-state index in [0.717, 1.165) is 6.54 Å². The molecule has 1 saturated carbocycles. The number of aliphatic hydroxyl groups excluding tert-OH is 1. The number of fused-ring (bicyclic) bond motifs is 1. The Labute approximate surface area is 183 Å². The molecule has 2 heterocycles. The second kappa shape index (κ2) is 9.97. The highest BCUT2D eigenvalue weighted by molar-refractivity contribution is 7.99. The average Bonchev–Trinajstić information content (AvgIpc) is 2.83. The molecular weight excluding hydrogens is 382 g/mol. The molecule has 2 saturated heterocycles. The molecule has 9 atom stereocenters. The van der Waals surface area contributed by atoms with Crippen LogP contribution in [0.3, 0.4) is 0 Å². The highest BCUT2D eigenvalue weighted by atomic mass is 32.2. The van der Waals surface area contributed by atoms with Crippen LogP contribution in [0.4, 0.5) is 0 Å². The third kappa shape index (κ3) is 4.86. The normalized spacial score (nSPS) is 42.3. The van der Waals surface area contributed by atoms with Crippen LogP contribution in [0, 0.1) is 17.8 Å². The Kier molecular flexibility index (Phi) is 8.07. The van der Waals surface area contributed by atoms with Crippen molar-refractivity contribution >= 4 is 33.4 Å². The molecule has 3 rings (SSSR count). The van der Waals surface area contributed by atoms with Crippen LogP contribution in [0.15, 0.2) is 0 Å². The van der Waals surface area contributed by atoms with Crippen molar-refractivity contribution in [3.8, 4) is 0 Å². The molecule has 0 aromatic heterocycles. The zero-order valence-electron chi connectivity index (χ0n) is 19.1. The molecule has 3 aliphatic rings. The molecule has 7 unspecified atom stereocenters. The Morgan fingerprint density at radius 1 is 1.21 bits per heavy atom. The number of amides is 1. The SMILES string of the molecule is BC1C(B)C(C(NC(=O)[C@@H]2[C@@H]3CCCCCC3CN2C)C(C)C)OC(SC)C1O. The number of ether oxygens (including phenoxy) is 1. The maximum absolute atomic E-state index is 13.5. The summed E-state index contributed by atoms with van der Waals surface area (Å²) in [6.45, 7) is 5.37. The number of rotatable bonds is 5. The lowest BCUT2D eigenvalue weighted by Gasteiger charge is -2.46. The summed E-state index contributed by atoms with van der Waals surface area (Å²) in [7, 11) is 6.37. The second-order valence-corrected chi connectivity index (χ2v) is 11.1. The largest absolute Gasteiger partial charge is 0.390 e. The molecule has 0 radical (unpaired) electrons. The van der Waals surface area contributed by atoms with Crippen LogP contribution in [0.25, 0.3) is 0 Å². The van der Waals surface area contributed by atoms with Crippen molar-refractivity contribution in [2.75, 3.05) is 19.8 Å². The standard InChI is InChI=1S/C21H40B2N2O3S/c1-11(2)16(19-15(23)14(22)18(26)21(28-19)29-4)24-20(27)17-13-9-7-5-6-8-12(13)10-25(17)3/h11-19,21,26H,5-10,22-23H2,1-4H3,(H,24,27)/t12?,13-,14?,15?,16?,17+,18?,19?,21?/m1/s1. The van der Waals surface area contributed by atoms with E-state index < -0.39 is 6.10 Å². The Balaban J connectivity index is 1.75. The molecule has 0 aromatic carbocycles. The van der Waals surface area contributed by atoms with Gasteiger partial charge in [-0.2, -0.15) is 0 Å². The maximum Gasteiger partial charge on any atom is 0.237 e. The third-order valence-corrected chi connectivity index (χ3v) is 8.81. The van der Waals surface area contributed by atoms with Gasteiger partial charge in [-0.25, -0.2) is 0 Å². The van der Waals surface area contributed by atoms with Crippen molar-refractivity contribution in [3.63, 3.8) is 0 Å². The van der Waals surface area contributed by atoms with Gasteiger partial charge >= 0.3 is 0 Å². The Morgan fingerprint density at radius 2 is 1.90 bits per heavy atom. The van der Waals surface area contributed by atoms with Crippen LogP contribution in [-0.4, -0.2) is 81.2 Å². The van der Waals surface area contributed by atoms with Crippen LogP contribution < -0.4 is 5.32 Å². The number of likely N-dealkylation sites (N-methyl/N-ethyl adjacent to an activating group) is 1. The fraction of sp³-hybridized carbons (Fsp3) is 0.952. The van der Waals surface area contributed by atoms with Gasteiger partial charge in [0.25, 0.3) is 0 Å². The number of carbonyl (C=O) groups is 1. The van der Waals surface area contributed by atoms with Crippen molar-refractivity contribution in [3.05, 3.63) is 0 Å². The molecule has 8 heteroatoms. The molecule has 5 nitrogen and oxygen atoms in total. The topological polar surface area (TPSA) is 61.8 Å². The number of nitrogens with one attached hydrogen (secondary N) is 1. The van der Waals surface area contributed by atoms with E-state index in [0.29, 0.717) is 11.8 Å². The summed E-state index contributed by atoms with van der Waals surface area (Å²) < 4.78 is 6.36. The first-order valence-corrected chi connectivity index (χ1v) is 12.9. The lowest BCUT2D eigenvalue weighted by Crippen LogP contribution is -2.58. The van der Waals surface area contributed by atoms with Crippen LogP contribution in [0.2, 0.25) is 11.6 Å². The van der Waals surface area contributed by atoms with Gasteiger partial charge in [0, 0.05) is 6.54 Å². The average molecular weight is 422 g/mol. The zero-order valence-corrected chi connectivity index (χ0v) is 20.0. The fourth-order valence-corrected chi connectivity index (χ4v) is 6.73. The quantitative estimate of drug-likeness (QED) is 0.646. The van der Waals surface area contributed by atoms with Gasteiger partial charge in [-0.15, -0.1) is 11.8 Å². The number of hydrogen-bond acceptors (Lipinski definition) is 5. The van der Waals surface area contributed by atoms with Gasteiger partial charge in [-0.05, 0) is 55.5 Å². The minimum atomic E-state index is -0.465. The van der Waals surface area contributed by atoms with E-state index in [-0.39, 0.29) is 47.1 Å². The summed E-state index contributed by atoms with van der Waals surface area (Å²) in [5.41, 5.74) is -0.232. The molecule has 2 N–H and O–H groups in total. The van der Waals surface area contributed by atoms with E-state index in [4.69, 9.17) is 4.74 Å². The van der Waals surface area contributed by atoms with E-state index in [1.807, 2.05) is 6.26 Å². The van der Waals surface area contributed by atoms with Gasteiger partial charge in [0.05, 0.1) is 24.3 Å². The highest BCUT2D eigenvalue weighted by Gasteiger charge is 2.47. The summed E-state index contributed by atoms with van der Waals surface area (Å²) in [4.78, 5) is 15.8. The zero-order chi connectivity index (χ0) is 21.3. The number of thioether (sulfide) groups is 1. The minimum absolute atomic E-state index is 0.0161. The molecular formula is C21H40B2N2O3S. The first kappa shape index (κ1) is 23.5. The summed E-state index contributed by atoms with van der Waals surface area (Å²) >= 11 is 1.56. The molecule has 3 fully saturated rings. The van der Waals surface area contributed by atoms with Gasteiger partial charge < -0.3 is 15.2 Å². The van der Waals surface area contributed by atoms with Crippen LogP contribution in [0.1, 0.15) is 46.0 Å². The van der Waals surface area contributed by atoms with Crippen molar-refractivity contribution in [2.24, 2.45) is 17.8 Å². The van der Waals surface area contributed by atoms with E-state index >= 15 is 0 Å².